The summed E-state index contributed by atoms with van der Waals surface area (Å²) in [6.45, 7) is 4.13. The number of rotatable bonds is 4. The lowest BCUT2D eigenvalue weighted by Gasteiger charge is -2.58. The Hall–Kier alpha value is -1.06. The molecular weight excluding hydrogens is 274 g/mol. The fourth-order valence-electron chi connectivity index (χ4n) is 3.24. The predicted octanol–water partition coefficient (Wildman–Crippen LogP) is 2.82. The number of hydrogen-bond donors (Lipinski definition) is 0. The molecule has 1 saturated heterocycles. The molecule has 1 aliphatic carbocycles. The lowest BCUT2D eigenvalue weighted by Crippen LogP contribution is -2.66. The smallest absolute Gasteiger partial charge is 0.240 e. The van der Waals surface area contributed by atoms with Crippen LogP contribution in [0.1, 0.15) is 25.3 Å². The lowest BCUT2D eigenvalue weighted by atomic mass is 9.61. The largest absolute Gasteiger partial charge is 0.373 e. The molecule has 1 aromatic rings. The number of halogens is 1. The van der Waals surface area contributed by atoms with E-state index in [1.54, 1.807) is 6.92 Å². The van der Waals surface area contributed by atoms with Crippen LogP contribution < -0.4 is 0 Å². The molecule has 4 heteroatoms. The van der Waals surface area contributed by atoms with Crippen LogP contribution >= 0.6 is 11.6 Å². The summed E-state index contributed by atoms with van der Waals surface area (Å²) in [7, 11) is 0. The maximum Gasteiger partial charge on any atom is 0.240 e. The minimum Gasteiger partial charge on any atom is -0.373 e. The molecule has 0 bridgehead atoms. The summed E-state index contributed by atoms with van der Waals surface area (Å²) in [5.41, 5.74) is 1.54. The molecule has 2 aliphatic rings. The number of amides is 1. The topological polar surface area (TPSA) is 29.5 Å². The highest BCUT2D eigenvalue weighted by molar-refractivity contribution is 6.30. The lowest BCUT2D eigenvalue weighted by molar-refractivity contribution is -0.172. The number of benzene rings is 1. The second kappa shape index (κ2) is 5.38. The van der Waals surface area contributed by atoms with Gasteiger partial charge in [-0.2, -0.15) is 0 Å². The number of carbonyl (C=O) groups excluding carboxylic acids is 1. The quantitative estimate of drug-likeness (QED) is 0.799. The zero-order valence-electron chi connectivity index (χ0n) is 11.7. The van der Waals surface area contributed by atoms with Crippen LogP contribution in [-0.4, -0.2) is 35.4 Å². The highest BCUT2D eigenvalue weighted by Gasteiger charge is 2.54. The first-order valence-electron chi connectivity index (χ1n) is 7.16. The number of hydrogen-bond acceptors (Lipinski definition) is 2. The van der Waals surface area contributed by atoms with Crippen LogP contribution in [0.3, 0.4) is 0 Å². The molecule has 0 N–H and O–H groups in total. The molecule has 1 unspecified atom stereocenters. The van der Waals surface area contributed by atoms with E-state index in [1.807, 2.05) is 23.1 Å². The van der Waals surface area contributed by atoms with Crippen molar-refractivity contribution in [3.63, 3.8) is 0 Å². The molecule has 0 aromatic heterocycles. The van der Waals surface area contributed by atoms with Gasteiger partial charge in [-0.05, 0) is 25.3 Å². The number of ether oxygens (including phenoxy) is 1. The number of carbonyl (C=O) groups is 1. The Kier molecular flexibility index (Phi) is 3.74. The van der Waals surface area contributed by atoms with Crippen LogP contribution in [0, 0.1) is 5.41 Å². The molecule has 1 atom stereocenters. The number of likely N-dealkylation sites (tertiary alicyclic amines) is 1. The van der Waals surface area contributed by atoms with Crippen molar-refractivity contribution in [3.8, 4) is 0 Å². The summed E-state index contributed by atoms with van der Waals surface area (Å²) in [6, 6.07) is 10.2. The van der Waals surface area contributed by atoms with Crippen molar-refractivity contribution in [2.75, 3.05) is 13.1 Å². The minimum absolute atomic E-state index is 0.0611. The van der Waals surface area contributed by atoms with Crippen molar-refractivity contribution >= 4 is 17.5 Å². The zero-order chi connectivity index (χ0) is 14.2. The van der Waals surface area contributed by atoms with E-state index in [0.717, 1.165) is 25.9 Å². The van der Waals surface area contributed by atoms with Crippen molar-refractivity contribution in [2.24, 2.45) is 5.41 Å². The molecular formula is C16H20ClNO2. The Labute approximate surface area is 124 Å². The van der Waals surface area contributed by atoms with Crippen molar-refractivity contribution in [3.05, 3.63) is 35.9 Å². The molecule has 1 saturated carbocycles. The zero-order valence-corrected chi connectivity index (χ0v) is 12.5. The van der Waals surface area contributed by atoms with Gasteiger partial charge in [-0.25, -0.2) is 0 Å². The standard InChI is InChI=1S/C16H20ClNO2/c1-12(17)15(19)18-10-16(11-18)7-14(8-16)20-9-13-5-3-2-4-6-13/h2-6,12,14H,7-11H2,1H3. The third-order valence-corrected chi connectivity index (χ3v) is 4.54. The molecule has 2 fully saturated rings. The maximum absolute atomic E-state index is 11.7. The molecule has 1 amide bonds. The van der Waals surface area contributed by atoms with E-state index in [-0.39, 0.29) is 5.91 Å². The van der Waals surface area contributed by atoms with E-state index in [0.29, 0.717) is 18.1 Å². The van der Waals surface area contributed by atoms with E-state index < -0.39 is 5.38 Å². The molecule has 3 rings (SSSR count). The summed E-state index contributed by atoms with van der Waals surface area (Å²) in [5, 5.41) is -0.405. The fraction of sp³-hybridized carbons (Fsp3) is 0.562. The van der Waals surface area contributed by atoms with E-state index in [2.05, 4.69) is 12.1 Å². The summed E-state index contributed by atoms with van der Waals surface area (Å²) < 4.78 is 5.91. The van der Waals surface area contributed by atoms with Crippen LogP contribution in [-0.2, 0) is 16.1 Å². The molecule has 3 nitrogen and oxygen atoms in total. The Balaban J connectivity index is 1.39. The van der Waals surface area contributed by atoms with Crippen molar-refractivity contribution in [1.82, 2.24) is 4.90 Å². The van der Waals surface area contributed by atoms with Gasteiger partial charge < -0.3 is 9.64 Å². The number of nitrogens with zero attached hydrogens (tertiary/aromatic N) is 1. The summed E-state index contributed by atoms with van der Waals surface area (Å²) in [5.74, 6) is 0.0611. The van der Waals surface area contributed by atoms with Gasteiger partial charge in [0.05, 0.1) is 12.7 Å². The van der Waals surface area contributed by atoms with Gasteiger partial charge in [-0.15, -0.1) is 11.6 Å². The first-order valence-corrected chi connectivity index (χ1v) is 7.60. The van der Waals surface area contributed by atoms with Crippen LogP contribution in [0.15, 0.2) is 30.3 Å². The molecule has 0 radical (unpaired) electrons. The van der Waals surface area contributed by atoms with Crippen molar-refractivity contribution in [1.29, 1.82) is 0 Å². The second-order valence-corrected chi connectivity index (χ2v) is 6.79. The van der Waals surface area contributed by atoms with Crippen LogP contribution in [0.4, 0.5) is 0 Å². The normalized spacial score (nSPS) is 22.2. The van der Waals surface area contributed by atoms with Gasteiger partial charge >= 0.3 is 0 Å². The van der Waals surface area contributed by atoms with Gasteiger partial charge in [0.15, 0.2) is 0 Å². The van der Waals surface area contributed by atoms with E-state index in [4.69, 9.17) is 16.3 Å². The van der Waals surface area contributed by atoms with Crippen molar-refractivity contribution in [2.45, 2.75) is 37.9 Å². The summed E-state index contributed by atoms with van der Waals surface area (Å²) >= 11 is 5.82. The van der Waals surface area contributed by atoms with E-state index in [1.165, 1.54) is 5.56 Å². The monoisotopic (exact) mass is 293 g/mol. The summed E-state index contributed by atoms with van der Waals surface area (Å²) in [4.78, 5) is 13.6. The molecule has 20 heavy (non-hydrogen) atoms. The third-order valence-electron chi connectivity index (χ3n) is 4.35. The Bertz CT molecular complexity index is 475. The fourth-order valence-corrected chi connectivity index (χ4v) is 3.38. The third kappa shape index (κ3) is 2.70. The maximum atomic E-state index is 11.7. The molecule has 1 spiro atoms. The average Bonchev–Trinajstić information content (AvgIpc) is 2.35. The molecule has 1 aromatic carbocycles. The molecule has 1 heterocycles. The van der Waals surface area contributed by atoms with E-state index >= 15 is 0 Å². The van der Waals surface area contributed by atoms with Gasteiger partial charge in [0, 0.05) is 18.5 Å². The minimum atomic E-state index is -0.405. The van der Waals surface area contributed by atoms with E-state index in [9.17, 15) is 4.79 Å². The van der Waals surface area contributed by atoms with Gasteiger partial charge in [0.2, 0.25) is 5.91 Å². The first-order chi connectivity index (χ1) is 9.58. The second-order valence-electron chi connectivity index (χ2n) is 6.14. The van der Waals surface area contributed by atoms with Crippen LogP contribution in [0.2, 0.25) is 0 Å². The first kappa shape index (κ1) is 13.9. The predicted molar refractivity (Wildman–Crippen MR) is 78.6 cm³/mol. The van der Waals surface area contributed by atoms with Gasteiger partial charge in [0.25, 0.3) is 0 Å². The van der Waals surface area contributed by atoms with Gasteiger partial charge in [-0.3, -0.25) is 4.79 Å². The van der Waals surface area contributed by atoms with Gasteiger partial charge in [0.1, 0.15) is 5.38 Å². The average molecular weight is 294 g/mol. The van der Waals surface area contributed by atoms with Crippen LogP contribution in [0.5, 0.6) is 0 Å². The molecule has 1 aliphatic heterocycles. The highest BCUT2D eigenvalue weighted by atomic mass is 35.5. The Morgan fingerprint density at radius 3 is 2.65 bits per heavy atom. The van der Waals surface area contributed by atoms with Gasteiger partial charge in [-0.1, -0.05) is 30.3 Å². The Morgan fingerprint density at radius 2 is 2.05 bits per heavy atom. The SMILES string of the molecule is CC(Cl)C(=O)N1CC2(CC(OCc3ccccc3)C2)C1. The highest BCUT2D eigenvalue weighted by Crippen LogP contribution is 2.50. The summed E-state index contributed by atoms with van der Waals surface area (Å²) in [6.07, 6.45) is 2.49. The Morgan fingerprint density at radius 1 is 1.40 bits per heavy atom. The molecule has 108 valence electrons. The van der Waals surface area contributed by atoms with Crippen LogP contribution in [0.25, 0.3) is 0 Å². The number of alkyl halides is 1. The van der Waals surface area contributed by atoms with Crippen molar-refractivity contribution < 1.29 is 9.53 Å².